The van der Waals surface area contributed by atoms with Gasteiger partial charge in [0.25, 0.3) is 11.9 Å². The minimum absolute atomic E-state index is 0.458. The number of hydrogen-bond donors (Lipinski definition) is 0. The van der Waals surface area contributed by atoms with Crippen LogP contribution in [0.2, 0.25) is 0 Å². The molecule has 7 heteroatoms. The summed E-state index contributed by atoms with van der Waals surface area (Å²) in [6, 6.07) is 4.85. The van der Waals surface area contributed by atoms with Crippen LogP contribution in [0.25, 0.3) is 0 Å². The van der Waals surface area contributed by atoms with Crippen LogP contribution in [0.3, 0.4) is 0 Å². The number of nitrogens with zero attached hydrogens (tertiary/aromatic N) is 1. The highest BCUT2D eigenvalue weighted by atomic mass is 19.1. The van der Waals surface area contributed by atoms with Crippen LogP contribution in [0.1, 0.15) is 24.2 Å². The van der Waals surface area contributed by atoms with E-state index in [1.165, 1.54) is 26.0 Å². The summed E-state index contributed by atoms with van der Waals surface area (Å²) < 4.78 is 18.2. The summed E-state index contributed by atoms with van der Waals surface area (Å²) in [4.78, 5) is 32.9. The molecule has 1 unspecified atom stereocenters. The van der Waals surface area contributed by atoms with E-state index in [-0.39, 0.29) is 0 Å². The topological polar surface area (TPSA) is 86.5 Å². The van der Waals surface area contributed by atoms with Gasteiger partial charge in [0.15, 0.2) is 0 Å². The Hall–Kier alpha value is -2.31. The van der Waals surface area contributed by atoms with Crippen molar-refractivity contribution in [3.63, 3.8) is 0 Å². The molecule has 0 aromatic heterocycles. The third-order valence-corrected chi connectivity index (χ3v) is 2.16. The highest BCUT2D eigenvalue weighted by molar-refractivity contribution is 6.13. The molecule has 6 nitrogen and oxygen atoms in total. The summed E-state index contributed by atoms with van der Waals surface area (Å²) in [6.07, 6.45) is -3.15. The summed E-state index contributed by atoms with van der Waals surface area (Å²) >= 11 is 0. The maximum absolute atomic E-state index is 13.6. The van der Waals surface area contributed by atoms with Crippen LogP contribution in [0.4, 0.5) is 10.1 Å². The fraction of sp³-hybridized carbons (Fsp3) is 0.333. The fourth-order valence-electron chi connectivity index (χ4n) is 1.38. The average Bonchev–Trinajstić information content (AvgIpc) is 2.36. The van der Waals surface area contributed by atoms with Crippen molar-refractivity contribution >= 4 is 17.4 Å². The first-order valence-electron chi connectivity index (χ1n) is 5.46. The molecular weight excluding hydrogens is 257 g/mol. The molecule has 0 heterocycles. The lowest BCUT2D eigenvalue weighted by Gasteiger charge is -2.10. The minimum Gasteiger partial charge on any atom is -0.460 e. The van der Waals surface area contributed by atoms with Gasteiger partial charge in [0, 0.05) is 6.07 Å². The Bertz CT molecular complexity index is 515. The number of ether oxygens (including phenoxy) is 1. The fourth-order valence-corrected chi connectivity index (χ4v) is 1.38. The number of halogens is 1. The zero-order chi connectivity index (χ0) is 14.6. The van der Waals surface area contributed by atoms with Crippen LogP contribution in [0.15, 0.2) is 24.3 Å². The van der Waals surface area contributed by atoms with Gasteiger partial charge < -0.3 is 4.74 Å². The molecule has 0 spiro atoms. The second-order valence-corrected chi connectivity index (χ2v) is 3.99. The van der Waals surface area contributed by atoms with E-state index >= 15 is 0 Å². The van der Waals surface area contributed by atoms with Crippen LogP contribution in [0, 0.1) is 10.1 Å². The number of rotatable bonds is 5. The summed E-state index contributed by atoms with van der Waals surface area (Å²) in [5, 5.41) is 10.7. The predicted molar refractivity (Wildman–Crippen MR) is 63.6 cm³/mol. The Morgan fingerprint density at radius 3 is 2.42 bits per heavy atom. The maximum atomic E-state index is 13.6. The first kappa shape index (κ1) is 14.7. The van der Waals surface area contributed by atoms with Crippen molar-refractivity contribution in [1.82, 2.24) is 0 Å². The summed E-state index contributed by atoms with van der Waals surface area (Å²) in [5.41, 5.74) is -1.01. The zero-order valence-electron chi connectivity index (χ0n) is 10.3. The molecule has 0 aliphatic carbocycles. The number of Topliss-reactive ketones (excluding diaryl/α,β-unsaturated/α-hetero) is 1. The van der Waals surface area contributed by atoms with Gasteiger partial charge in [0.1, 0.15) is 0 Å². The quantitative estimate of drug-likeness (QED) is 0.268. The number of hydrogen-bond acceptors (Lipinski definition) is 5. The number of ketones is 1. The highest BCUT2D eigenvalue weighted by Gasteiger charge is 2.33. The smallest absolute Gasteiger partial charge is 0.349 e. The third-order valence-electron chi connectivity index (χ3n) is 2.16. The van der Waals surface area contributed by atoms with E-state index < -0.39 is 40.2 Å². The lowest BCUT2D eigenvalue weighted by atomic mass is 10.1. The van der Waals surface area contributed by atoms with Crippen LogP contribution in [0.5, 0.6) is 0 Å². The molecule has 0 amide bonds. The first-order valence-corrected chi connectivity index (χ1v) is 5.46. The van der Waals surface area contributed by atoms with E-state index in [9.17, 15) is 24.1 Å². The molecule has 1 aromatic carbocycles. The Labute approximate surface area is 108 Å². The van der Waals surface area contributed by atoms with E-state index in [4.69, 9.17) is 0 Å². The Morgan fingerprint density at radius 1 is 1.32 bits per heavy atom. The molecule has 19 heavy (non-hydrogen) atoms. The lowest BCUT2D eigenvalue weighted by Crippen LogP contribution is -2.30. The zero-order valence-corrected chi connectivity index (χ0v) is 10.3. The van der Waals surface area contributed by atoms with Crippen molar-refractivity contribution in [2.75, 3.05) is 0 Å². The van der Waals surface area contributed by atoms with Crippen molar-refractivity contribution in [1.29, 1.82) is 0 Å². The van der Waals surface area contributed by atoms with E-state index in [2.05, 4.69) is 4.74 Å². The lowest BCUT2D eigenvalue weighted by molar-refractivity contribution is -0.385. The monoisotopic (exact) mass is 269 g/mol. The number of nitro benzene ring substituents is 1. The van der Waals surface area contributed by atoms with Crippen molar-refractivity contribution in [2.24, 2.45) is 0 Å². The molecule has 1 atom stereocenters. The number of alkyl halides is 1. The number of carbonyl (C=O) groups is 2. The van der Waals surface area contributed by atoms with E-state index in [0.717, 1.165) is 12.1 Å². The van der Waals surface area contributed by atoms with E-state index in [1.54, 1.807) is 0 Å². The number of nitro groups is 1. The minimum atomic E-state index is -2.57. The molecule has 0 bridgehead atoms. The molecule has 102 valence electrons. The van der Waals surface area contributed by atoms with Gasteiger partial charge in [-0.25, -0.2) is 9.18 Å². The number of benzene rings is 1. The average molecular weight is 269 g/mol. The summed E-state index contributed by atoms with van der Waals surface area (Å²) in [6.45, 7) is 3.00. The normalized spacial score (nSPS) is 12.0. The predicted octanol–water partition coefficient (Wildman–Crippen LogP) is 2.07. The molecular formula is C12H12FNO5. The van der Waals surface area contributed by atoms with Crippen LogP contribution in [-0.4, -0.2) is 29.0 Å². The van der Waals surface area contributed by atoms with Gasteiger partial charge >= 0.3 is 5.97 Å². The van der Waals surface area contributed by atoms with Crippen molar-refractivity contribution in [3.05, 3.63) is 39.9 Å². The van der Waals surface area contributed by atoms with Gasteiger partial charge in [-0.05, 0) is 19.9 Å². The summed E-state index contributed by atoms with van der Waals surface area (Å²) in [5.74, 6) is -2.63. The molecule has 0 radical (unpaired) electrons. The molecule has 0 N–H and O–H groups in total. The largest absolute Gasteiger partial charge is 0.460 e. The van der Waals surface area contributed by atoms with Crippen molar-refractivity contribution in [2.45, 2.75) is 26.1 Å². The Balaban J connectivity index is 3.01. The van der Waals surface area contributed by atoms with Gasteiger partial charge in [-0.15, -0.1) is 0 Å². The van der Waals surface area contributed by atoms with Gasteiger partial charge in [0.05, 0.1) is 16.6 Å². The molecule has 0 aliphatic rings. The Kier molecular flexibility index (Phi) is 4.68. The van der Waals surface area contributed by atoms with Gasteiger partial charge in [0.2, 0.25) is 5.78 Å². The number of carbonyl (C=O) groups excluding carboxylic acids is 2. The summed E-state index contributed by atoms with van der Waals surface area (Å²) in [7, 11) is 0. The molecule has 0 aliphatic heterocycles. The third kappa shape index (κ3) is 3.57. The second-order valence-electron chi connectivity index (χ2n) is 3.99. The molecule has 0 fully saturated rings. The standard InChI is InChI=1S/C12H12FNO5/c1-7(2)19-12(16)10(13)11(15)8-5-3-4-6-9(8)14(17)18/h3-7,10H,1-2H3. The SMILES string of the molecule is CC(C)OC(=O)C(F)C(=O)c1ccccc1[N+](=O)[O-]. The maximum Gasteiger partial charge on any atom is 0.349 e. The van der Waals surface area contributed by atoms with E-state index in [1.807, 2.05) is 0 Å². The van der Waals surface area contributed by atoms with Crippen LogP contribution >= 0.6 is 0 Å². The number of para-hydroxylation sites is 1. The Morgan fingerprint density at radius 2 is 1.89 bits per heavy atom. The molecule has 1 rings (SSSR count). The molecule has 1 aromatic rings. The second kappa shape index (κ2) is 6.03. The van der Waals surface area contributed by atoms with Crippen LogP contribution in [-0.2, 0) is 9.53 Å². The van der Waals surface area contributed by atoms with E-state index in [0.29, 0.717) is 0 Å². The van der Waals surface area contributed by atoms with Crippen molar-refractivity contribution in [3.8, 4) is 0 Å². The van der Waals surface area contributed by atoms with Gasteiger partial charge in [-0.1, -0.05) is 12.1 Å². The van der Waals surface area contributed by atoms with Gasteiger partial charge in [-0.3, -0.25) is 14.9 Å². The number of esters is 1. The van der Waals surface area contributed by atoms with Gasteiger partial charge in [-0.2, -0.15) is 0 Å². The first-order chi connectivity index (χ1) is 8.84. The van der Waals surface area contributed by atoms with Crippen molar-refractivity contribution < 1.29 is 23.6 Å². The molecule has 0 saturated heterocycles. The highest BCUT2D eigenvalue weighted by Crippen LogP contribution is 2.20. The molecule has 0 saturated carbocycles. The van der Waals surface area contributed by atoms with Crippen LogP contribution < -0.4 is 0 Å².